The van der Waals surface area contributed by atoms with Gasteiger partial charge < -0.3 is 9.47 Å². The number of halogens is 1. The van der Waals surface area contributed by atoms with E-state index in [4.69, 9.17) is 9.47 Å². The number of aromatic nitrogens is 3. The summed E-state index contributed by atoms with van der Waals surface area (Å²) in [5.41, 5.74) is 3.38. The van der Waals surface area contributed by atoms with Crippen molar-refractivity contribution >= 4 is 28.1 Å². The van der Waals surface area contributed by atoms with Crippen LogP contribution in [0.2, 0.25) is 0 Å². The summed E-state index contributed by atoms with van der Waals surface area (Å²) in [6, 6.07) is 3.66. The molecule has 128 valence electrons. The third kappa shape index (κ3) is 4.54. The highest BCUT2D eigenvalue weighted by molar-refractivity contribution is 9.10. The number of hydrazone groups is 1. The van der Waals surface area contributed by atoms with Crippen LogP contribution in [-0.2, 0) is 0 Å². The van der Waals surface area contributed by atoms with E-state index in [1.54, 1.807) is 13.1 Å². The topological polar surface area (TPSA) is 101 Å². The second kappa shape index (κ2) is 8.44. The first-order valence-electron chi connectivity index (χ1n) is 7.37. The number of hydrogen-bond acceptors (Lipinski definition) is 7. The number of ether oxygens (including phenoxy) is 2. The Hall–Kier alpha value is -2.42. The van der Waals surface area contributed by atoms with Crippen LogP contribution in [0.1, 0.15) is 25.1 Å². The van der Waals surface area contributed by atoms with Gasteiger partial charge in [0.2, 0.25) is 5.95 Å². The van der Waals surface area contributed by atoms with Crippen molar-refractivity contribution in [1.82, 2.24) is 15.2 Å². The first-order chi connectivity index (χ1) is 11.5. The molecular weight excluding hydrogens is 378 g/mol. The van der Waals surface area contributed by atoms with Gasteiger partial charge in [-0.1, -0.05) is 0 Å². The van der Waals surface area contributed by atoms with Gasteiger partial charge in [-0.15, -0.1) is 10.2 Å². The number of hydrogen-bond donors (Lipinski definition) is 2. The third-order valence-electron chi connectivity index (χ3n) is 2.86. The molecule has 0 radical (unpaired) electrons. The summed E-state index contributed by atoms with van der Waals surface area (Å²) in [5, 5.41) is 11.5. The molecule has 1 aromatic heterocycles. The normalized spacial score (nSPS) is 10.8. The van der Waals surface area contributed by atoms with E-state index < -0.39 is 0 Å². The van der Waals surface area contributed by atoms with Crippen LogP contribution < -0.4 is 20.5 Å². The Morgan fingerprint density at radius 1 is 1.29 bits per heavy atom. The van der Waals surface area contributed by atoms with Crippen LogP contribution in [0.25, 0.3) is 0 Å². The zero-order valence-corrected chi connectivity index (χ0v) is 15.2. The number of aryl methyl sites for hydroxylation is 1. The highest BCUT2D eigenvalue weighted by Crippen LogP contribution is 2.36. The standard InChI is InChI=1S/C15H18BrN5O3/c1-4-23-12-7-10(6-11(16)13(12)24-5-2)8-17-20-15-18-14(22)9(3)19-21-15/h6-8H,4-5H2,1-3H3,(H2,18,20,21,22)/b17-8+. The van der Waals surface area contributed by atoms with E-state index in [1.807, 2.05) is 26.0 Å². The average molecular weight is 396 g/mol. The van der Waals surface area contributed by atoms with Crippen molar-refractivity contribution in [2.45, 2.75) is 20.8 Å². The molecule has 2 N–H and O–H groups in total. The lowest BCUT2D eigenvalue weighted by Crippen LogP contribution is -2.15. The average Bonchev–Trinajstić information content (AvgIpc) is 2.54. The van der Waals surface area contributed by atoms with Crippen molar-refractivity contribution in [3.63, 3.8) is 0 Å². The largest absolute Gasteiger partial charge is 0.490 e. The molecule has 1 heterocycles. The van der Waals surface area contributed by atoms with E-state index in [2.05, 4.69) is 41.6 Å². The fraction of sp³-hybridized carbons (Fsp3) is 0.333. The molecule has 0 saturated heterocycles. The van der Waals surface area contributed by atoms with Crippen LogP contribution in [-0.4, -0.2) is 34.6 Å². The van der Waals surface area contributed by atoms with Crippen LogP contribution in [0.5, 0.6) is 11.5 Å². The zero-order chi connectivity index (χ0) is 17.5. The van der Waals surface area contributed by atoms with Crippen LogP contribution in [0, 0.1) is 6.92 Å². The van der Waals surface area contributed by atoms with Crippen molar-refractivity contribution in [3.8, 4) is 11.5 Å². The molecular formula is C15H18BrN5O3. The lowest BCUT2D eigenvalue weighted by Gasteiger charge is -2.13. The predicted octanol–water partition coefficient (Wildman–Crippen LogP) is 2.48. The molecule has 1 aromatic carbocycles. The summed E-state index contributed by atoms with van der Waals surface area (Å²) < 4.78 is 11.9. The Balaban J connectivity index is 2.19. The van der Waals surface area contributed by atoms with Gasteiger partial charge in [0, 0.05) is 0 Å². The Morgan fingerprint density at radius 2 is 2.04 bits per heavy atom. The Kier molecular flexibility index (Phi) is 6.30. The fourth-order valence-corrected chi connectivity index (χ4v) is 2.40. The molecule has 0 saturated carbocycles. The molecule has 2 rings (SSSR count). The Labute approximate surface area is 147 Å². The number of rotatable bonds is 7. The van der Waals surface area contributed by atoms with Crippen molar-refractivity contribution in [2.24, 2.45) is 5.10 Å². The van der Waals surface area contributed by atoms with Gasteiger partial charge in [-0.2, -0.15) is 5.10 Å². The zero-order valence-electron chi connectivity index (χ0n) is 13.6. The van der Waals surface area contributed by atoms with Gasteiger partial charge in [0.1, 0.15) is 5.69 Å². The molecule has 0 aliphatic heterocycles. The van der Waals surface area contributed by atoms with Crippen LogP contribution in [0.4, 0.5) is 5.95 Å². The van der Waals surface area contributed by atoms with E-state index in [0.717, 1.165) is 10.0 Å². The van der Waals surface area contributed by atoms with E-state index in [1.165, 1.54) is 0 Å². The van der Waals surface area contributed by atoms with Crippen molar-refractivity contribution in [3.05, 3.63) is 38.2 Å². The maximum Gasteiger partial charge on any atom is 0.274 e. The highest BCUT2D eigenvalue weighted by atomic mass is 79.9. The fourth-order valence-electron chi connectivity index (χ4n) is 1.82. The lowest BCUT2D eigenvalue weighted by molar-refractivity contribution is 0.286. The molecule has 2 aromatic rings. The summed E-state index contributed by atoms with van der Waals surface area (Å²) >= 11 is 3.47. The summed E-state index contributed by atoms with van der Waals surface area (Å²) in [7, 11) is 0. The van der Waals surface area contributed by atoms with Gasteiger partial charge in [-0.25, -0.2) is 5.43 Å². The number of nitrogens with zero attached hydrogens (tertiary/aromatic N) is 3. The summed E-state index contributed by atoms with van der Waals surface area (Å²) in [6.07, 6.45) is 1.57. The molecule has 8 nitrogen and oxygen atoms in total. The summed E-state index contributed by atoms with van der Waals surface area (Å²) in [4.78, 5) is 14.0. The van der Waals surface area contributed by atoms with Gasteiger partial charge in [0.05, 0.1) is 23.9 Å². The molecule has 0 amide bonds. The van der Waals surface area contributed by atoms with E-state index >= 15 is 0 Å². The smallest absolute Gasteiger partial charge is 0.274 e. The van der Waals surface area contributed by atoms with Gasteiger partial charge >= 0.3 is 0 Å². The molecule has 0 aliphatic rings. The number of aromatic amines is 1. The van der Waals surface area contributed by atoms with Crippen LogP contribution in [0.15, 0.2) is 26.5 Å². The molecule has 0 atom stereocenters. The molecule has 0 unspecified atom stereocenters. The molecule has 9 heteroatoms. The molecule has 0 aliphatic carbocycles. The molecule has 24 heavy (non-hydrogen) atoms. The number of anilines is 1. The maximum atomic E-state index is 11.4. The lowest BCUT2D eigenvalue weighted by atomic mass is 10.2. The third-order valence-corrected chi connectivity index (χ3v) is 3.45. The highest BCUT2D eigenvalue weighted by Gasteiger charge is 2.11. The Bertz CT molecular complexity index is 791. The Morgan fingerprint density at radius 3 is 2.71 bits per heavy atom. The van der Waals surface area contributed by atoms with Crippen molar-refractivity contribution < 1.29 is 9.47 Å². The second-order valence-corrected chi connectivity index (χ2v) is 5.51. The minimum Gasteiger partial charge on any atom is -0.490 e. The second-order valence-electron chi connectivity index (χ2n) is 4.65. The van der Waals surface area contributed by atoms with E-state index in [0.29, 0.717) is 30.4 Å². The van der Waals surface area contributed by atoms with Gasteiger partial charge in [-0.3, -0.25) is 9.78 Å². The van der Waals surface area contributed by atoms with Crippen molar-refractivity contribution in [2.75, 3.05) is 18.6 Å². The summed E-state index contributed by atoms with van der Waals surface area (Å²) in [6.45, 7) is 6.44. The SMILES string of the molecule is CCOc1cc(/C=N/Nc2nnc(C)c(=O)[nH]2)cc(Br)c1OCC. The van der Waals surface area contributed by atoms with Gasteiger partial charge in [0.15, 0.2) is 11.5 Å². The number of H-pyrrole nitrogens is 1. The van der Waals surface area contributed by atoms with Gasteiger partial charge in [-0.05, 0) is 54.4 Å². The summed E-state index contributed by atoms with van der Waals surface area (Å²) in [5.74, 6) is 1.44. The molecule has 0 bridgehead atoms. The monoisotopic (exact) mass is 395 g/mol. The van der Waals surface area contributed by atoms with E-state index in [-0.39, 0.29) is 11.5 Å². The molecule has 0 spiro atoms. The van der Waals surface area contributed by atoms with E-state index in [9.17, 15) is 4.79 Å². The quantitative estimate of drug-likeness (QED) is 0.551. The number of nitrogens with one attached hydrogen (secondary N) is 2. The van der Waals surface area contributed by atoms with Gasteiger partial charge in [0.25, 0.3) is 5.56 Å². The maximum absolute atomic E-state index is 11.4. The van der Waals surface area contributed by atoms with Crippen molar-refractivity contribution in [1.29, 1.82) is 0 Å². The first kappa shape index (κ1) is 17.9. The van der Waals surface area contributed by atoms with Crippen LogP contribution >= 0.6 is 15.9 Å². The first-order valence-corrected chi connectivity index (χ1v) is 8.16. The minimum atomic E-state index is -0.315. The molecule has 0 fully saturated rings. The minimum absolute atomic E-state index is 0.164. The predicted molar refractivity (Wildman–Crippen MR) is 95.1 cm³/mol. The van der Waals surface area contributed by atoms with Crippen LogP contribution in [0.3, 0.4) is 0 Å². The number of benzene rings is 1.